The van der Waals surface area contributed by atoms with Crippen LogP contribution in [-0.4, -0.2) is 31.7 Å². The zero-order valence-electron chi connectivity index (χ0n) is 14.2. The minimum atomic E-state index is -0.770. The molecule has 1 aliphatic rings. The predicted molar refractivity (Wildman–Crippen MR) is 88.0 cm³/mol. The van der Waals surface area contributed by atoms with E-state index in [1.807, 2.05) is 27.7 Å². The van der Waals surface area contributed by atoms with E-state index in [0.717, 1.165) is 0 Å². The molecule has 0 bridgehead atoms. The van der Waals surface area contributed by atoms with Gasteiger partial charge in [0.05, 0.1) is 34.7 Å². The lowest BCUT2D eigenvalue weighted by molar-refractivity contribution is 0.0974. The van der Waals surface area contributed by atoms with Crippen molar-refractivity contribution in [3.63, 3.8) is 0 Å². The number of aliphatic hydroxyl groups is 2. The second kappa shape index (κ2) is 5.72. The zero-order valence-corrected chi connectivity index (χ0v) is 14.2. The lowest BCUT2D eigenvalue weighted by atomic mass is 9.93. The minimum Gasteiger partial charge on any atom is -0.387 e. The first-order valence-electron chi connectivity index (χ1n) is 8.13. The first-order chi connectivity index (χ1) is 11.2. The summed E-state index contributed by atoms with van der Waals surface area (Å²) in [7, 11) is 0. The van der Waals surface area contributed by atoms with Crippen molar-refractivity contribution in [2.45, 2.75) is 39.9 Å². The first-order valence-corrected chi connectivity index (χ1v) is 8.13. The third kappa shape index (κ3) is 2.42. The number of aromatic nitrogens is 2. The summed E-state index contributed by atoms with van der Waals surface area (Å²) >= 11 is 0. The van der Waals surface area contributed by atoms with Crippen LogP contribution in [0.5, 0.6) is 0 Å². The number of hydrogen-bond acceptors (Lipinski definition) is 4. The SMILES string of the molecule is CC(C)C(O)c1cc2c([nH]1)C(=O)c1cc(C(O)C(C)C)[nH]c1C2=O. The molecule has 4 N–H and O–H groups in total. The summed E-state index contributed by atoms with van der Waals surface area (Å²) in [5.74, 6) is -0.692. The van der Waals surface area contributed by atoms with E-state index in [2.05, 4.69) is 9.97 Å². The Balaban J connectivity index is 2.05. The van der Waals surface area contributed by atoms with Crippen LogP contribution in [0.15, 0.2) is 12.1 Å². The Morgan fingerprint density at radius 1 is 0.750 bits per heavy atom. The van der Waals surface area contributed by atoms with Gasteiger partial charge in [-0.3, -0.25) is 9.59 Å². The Bertz CT molecular complexity index is 698. The molecule has 0 aromatic carbocycles. The molecular weight excluding hydrogens is 308 g/mol. The van der Waals surface area contributed by atoms with Crippen molar-refractivity contribution < 1.29 is 19.8 Å². The van der Waals surface area contributed by atoms with Crippen LogP contribution in [0.4, 0.5) is 0 Å². The van der Waals surface area contributed by atoms with E-state index in [4.69, 9.17) is 0 Å². The van der Waals surface area contributed by atoms with Gasteiger partial charge in [-0.15, -0.1) is 0 Å². The fraction of sp³-hybridized carbons (Fsp3) is 0.444. The van der Waals surface area contributed by atoms with E-state index in [-0.39, 0.29) is 45.9 Å². The smallest absolute Gasteiger partial charge is 0.212 e. The Morgan fingerprint density at radius 3 is 1.38 bits per heavy atom. The van der Waals surface area contributed by atoms with Crippen LogP contribution < -0.4 is 0 Å². The van der Waals surface area contributed by atoms with Crippen LogP contribution >= 0.6 is 0 Å². The van der Waals surface area contributed by atoms with Crippen LogP contribution in [0.25, 0.3) is 0 Å². The monoisotopic (exact) mass is 330 g/mol. The Labute approximate surface area is 139 Å². The van der Waals surface area contributed by atoms with Crippen molar-refractivity contribution in [2.75, 3.05) is 0 Å². The van der Waals surface area contributed by atoms with E-state index in [1.165, 1.54) is 0 Å². The van der Waals surface area contributed by atoms with Gasteiger partial charge in [-0.1, -0.05) is 27.7 Å². The van der Waals surface area contributed by atoms with Crippen molar-refractivity contribution in [1.29, 1.82) is 0 Å². The maximum absolute atomic E-state index is 12.7. The van der Waals surface area contributed by atoms with Gasteiger partial charge >= 0.3 is 0 Å². The fourth-order valence-electron chi connectivity index (χ4n) is 2.97. The molecule has 6 heteroatoms. The highest BCUT2D eigenvalue weighted by molar-refractivity contribution is 6.27. The number of nitrogens with one attached hydrogen (secondary N) is 2. The summed E-state index contributed by atoms with van der Waals surface area (Å²) in [6.45, 7) is 7.43. The molecule has 1 aliphatic carbocycles. The summed E-state index contributed by atoms with van der Waals surface area (Å²) in [6, 6.07) is 3.09. The molecule has 2 atom stereocenters. The van der Waals surface area contributed by atoms with Gasteiger partial charge in [0.15, 0.2) is 0 Å². The molecule has 2 aromatic heterocycles. The Morgan fingerprint density at radius 2 is 1.08 bits per heavy atom. The van der Waals surface area contributed by atoms with E-state index in [9.17, 15) is 19.8 Å². The van der Waals surface area contributed by atoms with Gasteiger partial charge in [0, 0.05) is 11.4 Å². The standard InChI is InChI=1S/C18H22N2O4/c1-7(2)15(21)11-5-9-13(19-11)18(24)10-6-12(16(22)8(3)4)20-14(10)17(9)23/h5-8,15-16,19-22H,1-4H3. The number of fused-ring (bicyclic) bond motifs is 2. The highest BCUT2D eigenvalue weighted by atomic mass is 16.3. The lowest BCUT2D eigenvalue weighted by Crippen LogP contribution is -2.19. The third-order valence-electron chi connectivity index (χ3n) is 4.52. The van der Waals surface area contributed by atoms with Crippen molar-refractivity contribution in [3.05, 3.63) is 46.0 Å². The highest BCUT2D eigenvalue weighted by Crippen LogP contribution is 2.33. The van der Waals surface area contributed by atoms with E-state index in [1.54, 1.807) is 12.1 Å². The zero-order chi connectivity index (χ0) is 17.8. The Hall–Kier alpha value is -2.18. The van der Waals surface area contributed by atoms with Crippen molar-refractivity contribution in [3.8, 4) is 0 Å². The van der Waals surface area contributed by atoms with Crippen molar-refractivity contribution >= 4 is 11.6 Å². The van der Waals surface area contributed by atoms with Crippen LogP contribution in [0.1, 0.15) is 83.4 Å². The first kappa shape index (κ1) is 16.7. The Kier molecular flexibility index (Phi) is 3.97. The average Bonchev–Trinajstić information content (AvgIpc) is 3.16. The predicted octanol–water partition coefficient (Wildman–Crippen LogP) is 2.50. The van der Waals surface area contributed by atoms with Crippen LogP contribution in [-0.2, 0) is 0 Å². The third-order valence-corrected chi connectivity index (χ3v) is 4.52. The number of carbonyl (C=O) groups excluding carboxylic acids is 2. The van der Waals surface area contributed by atoms with Gasteiger partial charge < -0.3 is 20.2 Å². The highest BCUT2D eigenvalue weighted by Gasteiger charge is 2.35. The number of ketones is 2. The molecule has 2 aromatic rings. The molecular formula is C18H22N2O4. The molecule has 2 heterocycles. The second-order valence-corrected chi connectivity index (χ2v) is 7.06. The molecule has 0 amide bonds. The van der Waals surface area contributed by atoms with Gasteiger partial charge in [-0.2, -0.15) is 0 Å². The molecule has 0 radical (unpaired) electrons. The number of rotatable bonds is 4. The van der Waals surface area contributed by atoms with E-state index in [0.29, 0.717) is 11.4 Å². The molecule has 2 unspecified atom stereocenters. The van der Waals surface area contributed by atoms with Gasteiger partial charge in [0.2, 0.25) is 11.6 Å². The molecule has 6 nitrogen and oxygen atoms in total. The molecule has 0 aliphatic heterocycles. The number of aliphatic hydroxyl groups excluding tert-OH is 2. The summed E-state index contributed by atoms with van der Waals surface area (Å²) in [6.07, 6.45) is -1.54. The number of hydrogen-bond donors (Lipinski definition) is 4. The molecule has 0 saturated heterocycles. The van der Waals surface area contributed by atoms with Crippen molar-refractivity contribution in [2.24, 2.45) is 11.8 Å². The fourth-order valence-corrected chi connectivity index (χ4v) is 2.97. The molecule has 0 saturated carbocycles. The van der Waals surface area contributed by atoms with Gasteiger partial charge in [0.25, 0.3) is 0 Å². The number of carbonyl (C=O) groups is 2. The topological polar surface area (TPSA) is 106 Å². The largest absolute Gasteiger partial charge is 0.387 e. The molecule has 3 rings (SSSR count). The molecule has 128 valence electrons. The van der Waals surface area contributed by atoms with Gasteiger partial charge in [-0.05, 0) is 24.0 Å². The van der Waals surface area contributed by atoms with Crippen LogP contribution in [0.2, 0.25) is 0 Å². The number of aromatic amines is 2. The van der Waals surface area contributed by atoms with E-state index >= 15 is 0 Å². The molecule has 0 spiro atoms. The lowest BCUT2D eigenvalue weighted by Gasteiger charge is -2.12. The van der Waals surface area contributed by atoms with Crippen LogP contribution in [0.3, 0.4) is 0 Å². The summed E-state index contributed by atoms with van der Waals surface area (Å²) in [5, 5.41) is 20.3. The molecule has 24 heavy (non-hydrogen) atoms. The average molecular weight is 330 g/mol. The maximum atomic E-state index is 12.7. The summed E-state index contributed by atoms with van der Waals surface area (Å²) in [5.41, 5.74) is 1.84. The van der Waals surface area contributed by atoms with E-state index < -0.39 is 12.2 Å². The minimum absolute atomic E-state index is 0.0408. The molecule has 0 fully saturated rings. The summed E-state index contributed by atoms with van der Waals surface area (Å²) < 4.78 is 0. The maximum Gasteiger partial charge on any atom is 0.212 e. The van der Waals surface area contributed by atoms with Crippen LogP contribution in [0, 0.1) is 11.8 Å². The normalized spacial score (nSPS) is 16.5. The quantitative estimate of drug-likeness (QED) is 0.589. The second-order valence-electron chi connectivity index (χ2n) is 7.06. The number of H-pyrrole nitrogens is 2. The summed E-state index contributed by atoms with van der Waals surface area (Å²) in [4.78, 5) is 31.2. The van der Waals surface area contributed by atoms with Crippen molar-refractivity contribution in [1.82, 2.24) is 9.97 Å². The van der Waals surface area contributed by atoms with Gasteiger partial charge in [-0.25, -0.2) is 0 Å². The van der Waals surface area contributed by atoms with Gasteiger partial charge in [0.1, 0.15) is 0 Å².